The Balaban J connectivity index is 2.89. The molecule has 3 unspecified atom stereocenters. The zero-order chi connectivity index (χ0) is 22.5. The minimum Gasteiger partial charge on any atom is -0.444 e. The van der Waals surface area contributed by atoms with Crippen molar-refractivity contribution in [2.75, 3.05) is 6.54 Å². The normalized spacial score (nSPS) is 24.5. The van der Waals surface area contributed by atoms with Gasteiger partial charge in [-0.1, -0.05) is 6.08 Å². The van der Waals surface area contributed by atoms with E-state index < -0.39 is 22.8 Å². The van der Waals surface area contributed by atoms with Crippen molar-refractivity contribution < 1.29 is 19.1 Å². The zero-order valence-electron chi connectivity index (χ0n) is 19.1. The van der Waals surface area contributed by atoms with Crippen molar-refractivity contribution in [2.24, 2.45) is 11.8 Å². The quantitative estimate of drug-likeness (QED) is 0.562. The van der Waals surface area contributed by atoms with Gasteiger partial charge in [0.25, 0.3) is 0 Å². The largest absolute Gasteiger partial charge is 0.444 e. The van der Waals surface area contributed by atoms with Gasteiger partial charge < -0.3 is 20.7 Å². The van der Waals surface area contributed by atoms with E-state index in [1.54, 1.807) is 6.08 Å². The van der Waals surface area contributed by atoms with Crippen LogP contribution in [0, 0.1) is 11.8 Å². The second-order valence-electron chi connectivity index (χ2n) is 10.1. The first kappa shape index (κ1) is 25.0. The fourth-order valence-corrected chi connectivity index (χ4v) is 3.97. The molecule has 7 heteroatoms. The molecule has 3 N–H and O–H groups in total. The first-order chi connectivity index (χ1) is 13.2. The Labute approximate surface area is 175 Å². The molecule has 0 bridgehead atoms. The number of rotatable bonds is 7. The predicted octanol–water partition coefficient (Wildman–Crippen LogP) is 3.29. The summed E-state index contributed by atoms with van der Waals surface area (Å²) in [7, 11) is 0. The monoisotopic (exact) mass is 409 g/mol. The van der Waals surface area contributed by atoms with Gasteiger partial charge in [0.15, 0.2) is 0 Å². The number of hydrogen-bond acceptors (Lipinski definition) is 4. The van der Waals surface area contributed by atoms with Gasteiger partial charge >= 0.3 is 6.09 Å². The highest BCUT2D eigenvalue weighted by molar-refractivity contribution is 5.92. The molecule has 1 aliphatic rings. The van der Waals surface area contributed by atoms with Crippen molar-refractivity contribution in [1.82, 2.24) is 16.0 Å². The van der Waals surface area contributed by atoms with E-state index in [4.69, 9.17) is 4.74 Å². The van der Waals surface area contributed by atoms with Crippen LogP contribution < -0.4 is 16.0 Å². The molecule has 1 rings (SSSR count). The van der Waals surface area contributed by atoms with Crippen LogP contribution in [0.3, 0.4) is 0 Å². The van der Waals surface area contributed by atoms with E-state index in [0.717, 1.165) is 6.42 Å². The predicted molar refractivity (Wildman–Crippen MR) is 114 cm³/mol. The standard InChI is InChI=1S/C22H39N3O4/c1-9-10-17-13-16(11-12-23-19(28)29-21(6,7)8)14-22(17,24-15(2)26)18(27)25-20(3,4)5/h9,16-17H,1,10-14H2,2-8H3,(H,23,28)(H,24,26)(H,25,27). The molecular weight excluding hydrogens is 370 g/mol. The average Bonchev–Trinajstić information content (AvgIpc) is 2.82. The van der Waals surface area contributed by atoms with Gasteiger partial charge in [0.1, 0.15) is 11.1 Å². The summed E-state index contributed by atoms with van der Waals surface area (Å²) in [4.78, 5) is 37.1. The number of alkyl carbamates (subject to hydrolysis) is 1. The number of carbonyl (C=O) groups is 3. The van der Waals surface area contributed by atoms with E-state index in [-0.39, 0.29) is 23.7 Å². The van der Waals surface area contributed by atoms with Gasteiger partial charge in [-0.15, -0.1) is 6.58 Å². The number of carbonyl (C=O) groups excluding carboxylic acids is 3. The molecule has 7 nitrogen and oxygen atoms in total. The molecule has 0 saturated heterocycles. The SMILES string of the molecule is C=CCC1CC(CCNC(=O)OC(C)(C)C)CC1(NC(C)=O)C(=O)NC(C)(C)C. The molecule has 166 valence electrons. The Kier molecular flexibility index (Phi) is 8.30. The Morgan fingerprint density at radius 2 is 1.79 bits per heavy atom. The fourth-order valence-electron chi connectivity index (χ4n) is 3.97. The number of nitrogens with one attached hydrogen (secondary N) is 3. The lowest BCUT2D eigenvalue weighted by atomic mass is 9.82. The molecule has 3 atom stereocenters. The summed E-state index contributed by atoms with van der Waals surface area (Å²) in [5, 5.41) is 8.78. The van der Waals surface area contributed by atoms with Crippen molar-refractivity contribution in [3.8, 4) is 0 Å². The molecule has 29 heavy (non-hydrogen) atoms. The third kappa shape index (κ3) is 8.07. The van der Waals surface area contributed by atoms with E-state index in [2.05, 4.69) is 22.5 Å². The highest BCUT2D eigenvalue weighted by atomic mass is 16.6. The molecule has 0 spiro atoms. The maximum atomic E-state index is 13.2. The lowest BCUT2D eigenvalue weighted by Crippen LogP contribution is -2.63. The maximum Gasteiger partial charge on any atom is 0.407 e. The van der Waals surface area contributed by atoms with E-state index >= 15 is 0 Å². The summed E-state index contributed by atoms with van der Waals surface area (Å²) in [5.74, 6) is -0.240. The molecule has 0 aromatic carbocycles. The highest BCUT2D eigenvalue weighted by Gasteiger charge is 2.52. The van der Waals surface area contributed by atoms with Crippen LogP contribution in [0.15, 0.2) is 12.7 Å². The second-order valence-corrected chi connectivity index (χ2v) is 10.1. The summed E-state index contributed by atoms with van der Waals surface area (Å²) in [6, 6.07) is 0. The van der Waals surface area contributed by atoms with Gasteiger partial charge in [-0.25, -0.2) is 4.79 Å². The van der Waals surface area contributed by atoms with Crippen LogP contribution in [0.4, 0.5) is 4.79 Å². The molecule has 0 radical (unpaired) electrons. The van der Waals surface area contributed by atoms with Gasteiger partial charge in [0.05, 0.1) is 0 Å². The molecule has 0 aromatic rings. The van der Waals surface area contributed by atoms with E-state index in [1.165, 1.54) is 6.92 Å². The van der Waals surface area contributed by atoms with Gasteiger partial charge in [-0.05, 0) is 79.1 Å². The Morgan fingerprint density at radius 1 is 1.17 bits per heavy atom. The van der Waals surface area contributed by atoms with E-state index in [0.29, 0.717) is 25.8 Å². The molecular formula is C22H39N3O4. The van der Waals surface area contributed by atoms with Crippen molar-refractivity contribution in [1.29, 1.82) is 0 Å². The van der Waals surface area contributed by atoms with Crippen molar-refractivity contribution >= 4 is 17.9 Å². The van der Waals surface area contributed by atoms with Crippen LogP contribution in [0.2, 0.25) is 0 Å². The number of ether oxygens (including phenoxy) is 1. The number of hydrogen-bond donors (Lipinski definition) is 3. The lowest BCUT2D eigenvalue weighted by molar-refractivity contribution is -0.135. The summed E-state index contributed by atoms with van der Waals surface area (Å²) < 4.78 is 5.26. The van der Waals surface area contributed by atoms with Gasteiger partial charge in [0.2, 0.25) is 11.8 Å². The average molecular weight is 410 g/mol. The molecule has 1 saturated carbocycles. The summed E-state index contributed by atoms with van der Waals surface area (Å²) >= 11 is 0. The molecule has 0 aromatic heterocycles. The molecule has 1 fully saturated rings. The van der Waals surface area contributed by atoms with E-state index in [9.17, 15) is 14.4 Å². The minimum absolute atomic E-state index is 0.0437. The van der Waals surface area contributed by atoms with E-state index in [1.807, 2.05) is 41.5 Å². The first-order valence-corrected chi connectivity index (χ1v) is 10.4. The molecule has 3 amide bonds. The van der Waals surface area contributed by atoms with Gasteiger partial charge in [-0.3, -0.25) is 9.59 Å². The smallest absolute Gasteiger partial charge is 0.407 e. The second kappa shape index (κ2) is 9.63. The minimum atomic E-state index is -0.968. The van der Waals surface area contributed by atoms with Crippen LogP contribution in [0.25, 0.3) is 0 Å². The third-order valence-electron chi connectivity index (χ3n) is 4.89. The Morgan fingerprint density at radius 3 is 2.28 bits per heavy atom. The summed E-state index contributed by atoms with van der Waals surface area (Å²) in [6.07, 6.45) is 4.00. The molecule has 0 heterocycles. The zero-order valence-corrected chi connectivity index (χ0v) is 19.1. The lowest BCUT2D eigenvalue weighted by Gasteiger charge is -2.37. The van der Waals surface area contributed by atoms with Gasteiger partial charge in [-0.2, -0.15) is 0 Å². The highest BCUT2D eigenvalue weighted by Crippen LogP contribution is 2.44. The summed E-state index contributed by atoms with van der Waals surface area (Å²) in [6.45, 7) is 16.9. The van der Waals surface area contributed by atoms with Crippen LogP contribution in [-0.4, -0.2) is 41.1 Å². The number of allylic oxidation sites excluding steroid dienone is 1. The van der Waals surface area contributed by atoms with Crippen LogP contribution >= 0.6 is 0 Å². The Bertz CT molecular complexity index is 619. The maximum absolute atomic E-state index is 13.2. The Hall–Kier alpha value is -2.05. The van der Waals surface area contributed by atoms with Crippen molar-refractivity contribution in [3.05, 3.63) is 12.7 Å². The van der Waals surface area contributed by atoms with Gasteiger partial charge in [0, 0.05) is 19.0 Å². The van der Waals surface area contributed by atoms with Crippen LogP contribution in [-0.2, 0) is 14.3 Å². The topological polar surface area (TPSA) is 96.5 Å². The number of amides is 3. The fraction of sp³-hybridized carbons (Fsp3) is 0.773. The molecule has 0 aliphatic heterocycles. The van der Waals surface area contributed by atoms with Crippen LogP contribution in [0.1, 0.15) is 74.1 Å². The summed E-state index contributed by atoms with van der Waals surface area (Å²) in [5.41, 5.74) is -1.92. The molecule has 1 aliphatic carbocycles. The van der Waals surface area contributed by atoms with Crippen molar-refractivity contribution in [2.45, 2.75) is 90.8 Å². The van der Waals surface area contributed by atoms with Crippen molar-refractivity contribution in [3.63, 3.8) is 0 Å². The third-order valence-corrected chi connectivity index (χ3v) is 4.89. The first-order valence-electron chi connectivity index (χ1n) is 10.4. The van der Waals surface area contributed by atoms with Crippen LogP contribution in [0.5, 0.6) is 0 Å².